The molecule has 0 unspecified atom stereocenters. The highest BCUT2D eigenvalue weighted by Crippen LogP contribution is 2.31. The zero-order valence-corrected chi connectivity index (χ0v) is 9.81. The van der Waals surface area contributed by atoms with E-state index >= 15 is 0 Å². The summed E-state index contributed by atoms with van der Waals surface area (Å²) in [6.45, 7) is 1.53. The Morgan fingerprint density at radius 2 is 2.12 bits per heavy atom. The van der Waals surface area contributed by atoms with Gasteiger partial charge in [-0.15, -0.1) is 0 Å². The fraction of sp³-hybridized carbons (Fsp3) is 0.200. The average Bonchev–Trinajstić information content (AvgIpc) is 2.20. The van der Waals surface area contributed by atoms with E-state index in [-0.39, 0.29) is 21.2 Å². The molecule has 0 aliphatic rings. The molecule has 0 amide bonds. The molecule has 1 heterocycles. The third kappa shape index (κ3) is 1.73. The van der Waals surface area contributed by atoms with Crippen LogP contribution in [0.1, 0.15) is 17.7 Å². The highest BCUT2D eigenvalue weighted by Gasteiger charge is 2.17. The van der Waals surface area contributed by atoms with Gasteiger partial charge >= 0.3 is 0 Å². The van der Waals surface area contributed by atoms with E-state index in [1.165, 1.54) is 13.0 Å². The molecule has 0 fully saturated rings. The standard InChI is InChI=1S/C10H7BrF2N2O/c1-4-10(16)15-8-6(14-4)3-2-5(11)7(8)9(12)13/h2-3,9H,1H3,(H,15,16). The maximum Gasteiger partial charge on any atom is 0.269 e. The number of halogens is 3. The monoisotopic (exact) mass is 288 g/mol. The number of benzene rings is 1. The molecular weight excluding hydrogens is 282 g/mol. The van der Waals surface area contributed by atoms with Crippen molar-refractivity contribution < 1.29 is 8.78 Å². The highest BCUT2D eigenvalue weighted by molar-refractivity contribution is 9.10. The van der Waals surface area contributed by atoms with Gasteiger partial charge in [-0.3, -0.25) is 4.79 Å². The molecule has 0 saturated carbocycles. The molecule has 0 atom stereocenters. The van der Waals surface area contributed by atoms with E-state index in [2.05, 4.69) is 25.9 Å². The van der Waals surface area contributed by atoms with E-state index in [4.69, 9.17) is 0 Å². The molecule has 0 spiro atoms. The summed E-state index contributed by atoms with van der Waals surface area (Å²) in [6.07, 6.45) is -2.67. The first kappa shape index (κ1) is 11.2. The van der Waals surface area contributed by atoms with E-state index in [9.17, 15) is 13.6 Å². The summed E-state index contributed by atoms with van der Waals surface area (Å²) in [5.41, 5.74) is 0.0141. The predicted molar refractivity (Wildman–Crippen MR) is 59.8 cm³/mol. The molecule has 1 N–H and O–H groups in total. The Bertz CT molecular complexity index is 610. The highest BCUT2D eigenvalue weighted by atomic mass is 79.9. The Balaban J connectivity index is 2.92. The average molecular weight is 289 g/mol. The quantitative estimate of drug-likeness (QED) is 0.877. The Morgan fingerprint density at radius 3 is 2.75 bits per heavy atom. The van der Waals surface area contributed by atoms with Crippen LogP contribution in [0.15, 0.2) is 21.4 Å². The van der Waals surface area contributed by atoms with Crippen LogP contribution in [0.3, 0.4) is 0 Å². The number of rotatable bonds is 1. The van der Waals surface area contributed by atoms with Crippen molar-refractivity contribution in [3.8, 4) is 0 Å². The van der Waals surface area contributed by atoms with Crippen LogP contribution in [0, 0.1) is 6.92 Å². The van der Waals surface area contributed by atoms with Crippen LogP contribution in [0.2, 0.25) is 0 Å². The van der Waals surface area contributed by atoms with Gasteiger partial charge in [-0.05, 0) is 19.1 Å². The Morgan fingerprint density at radius 1 is 1.44 bits per heavy atom. The fourth-order valence-corrected chi connectivity index (χ4v) is 1.96. The third-order valence-corrected chi connectivity index (χ3v) is 2.94. The van der Waals surface area contributed by atoms with E-state index in [0.717, 1.165) is 0 Å². The van der Waals surface area contributed by atoms with Crippen molar-refractivity contribution in [1.82, 2.24) is 9.97 Å². The van der Waals surface area contributed by atoms with Crippen LogP contribution in [-0.4, -0.2) is 9.97 Å². The minimum atomic E-state index is -2.67. The molecule has 6 heteroatoms. The van der Waals surface area contributed by atoms with Crippen molar-refractivity contribution >= 4 is 27.0 Å². The molecule has 0 saturated heterocycles. The van der Waals surface area contributed by atoms with Crippen molar-refractivity contribution in [2.75, 3.05) is 0 Å². The van der Waals surface area contributed by atoms with Crippen LogP contribution in [-0.2, 0) is 0 Å². The minimum absolute atomic E-state index is 0.0833. The second-order valence-corrected chi connectivity index (χ2v) is 4.16. The lowest BCUT2D eigenvalue weighted by molar-refractivity contribution is 0.152. The smallest absolute Gasteiger partial charge is 0.269 e. The topological polar surface area (TPSA) is 45.8 Å². The first-order valence-corrected chi connectivity index (χ1v) is 5.27. The molecule has 16 heavy (non-hydrogen) atoms. The van der Waals surface area contributed by atoms with Crippen LogP contribution in [0.5, 0.6) is 0 Å². The molecule has 1 aromatic heterocycles. The molecule has 2 aromatic rings. The second-order valence-electron chi connectivity index (χ2n) is 3.31. The summed E-state index contributed by atoms with van der Waals surface area (Å²) in [5.74, 6) is 0. The zero-order valence-electron chi connectivity index (χ0n) is 8.22. The van der Waals surface area contributed by atoms with Gasteiger partial charge in [-0.25, -0.2) is 13.8 Å². The number of H-pyrrole nitrogens is 1. The summed E-state index contributed by atoms with van der Waals surface area (Å²) >= 11 is 3.03. The van der Waals surface area contributed by atoms with E-state index < -0.39 is 12.0 Å². The summed E-state index contributed by atoms with van der Waals surface area (Å²) in [6, 6.07) is 3.07. The number of hydrogen-bond donors (Lipinski definition) is 1. The first-order valence-electron chi connectivity index (χ1n) is 4.48. The van der Waals surface area contributed by atoms with Gasteiger partial charge in [0.1, 0.15) is 5.69 Å². The molecule has 3 nitrogen and oxygen atoms in total. The number of nitrogens with zero attached hydrogens (tertiary/aromatic N) is 1. The SMILES string of the molecule is Cc1nc2ccc(Br)c(C(F)F)c2[nH]c1=O. The van der Waals surface area contributed by atoms with Crippen LogP contribution < -0.4 is 5.56 Å². The summed E-state index contributed by atoms with van der Waals surface area (Å²) in [5, 5.41) is 0. The maximum atomic E-state index is 12.8. The lowest BCUT2D eigenvalue weighted by atomic mass is 10.2. The number of aryl methyl sites for hydroxylation is 1. The summed E-state index contributed by atoms with van der Waals surface area (Å²) < 4.78 is 25.9. The number of hydrogen-bond acceptors (Lipinski definition) is 2. The van der Waals surface area contributed by atoms with Gasteiger partial charge < -0.3 is 4.98 Å². The van der Waals surface area contributed by atoms with Crippen molar-refractivity contribution in [3.05, 3.63) is 38.2 Å². The van der Waals surface area contributed by atoms with Crippen LogP contribution >= 0.6 is 15.9 Å². The van der Waals surface area contributed by atoms with Gasteiger partial charge in [0.15, 0.2) is 0 Å². The first-order chi connectivity index (χ1) is 7.50. The van der Waals surface area contributed by atoms with E-state index in [1.54, 1.807) is 6.07 Å². The number of fused-ring (bicyclic) bond motifs is 1. The molecule has 0 aliphatic carbocycles. The van der Waals surface area contributed by atoms with Crippen LogP contribution in [0.25, 0.3) is 11.0 Å². The summed E-state index contributed by atoms with van der Waals surface area (Å²) in [7, 11) is 0. The van der Waals surface area contributed by atoms with Crippen molar-refractivity contribution in [1.29, 1.82) is 0 Å². The molecular formula is C10H7BrF2N2O. The Labute approximate surface area is 97.6 Å². The Hall–Kier alpha value is -1.30. The molecule has 0 radical (unpaired) electrons. The number of alkyl halides is 2. The minimum Gasteiger partial charge on any atom is -0.319 e. The lowest BCUT2D eigenvalue weighted by Crippen LogP contribution is -2.12. The lowest BCUT2D eigenvalue weighted by Gasteiger charge is -2.07. The second kappa shape index (κ2) is 3.93. The molecule has 84 valence electrons. The molecule has 1 aromatic carbocycles. The number of nitrogens with one attached hydrogen (secondary N) is 1. The fourth-order valence-electron chi connectivity index (χ4n) is 1.46. The number of aromatic nitrogens is 2. The molecule has 0 bridgehead atoms. The van der Waals surface area contributed by atoms with E-state index in [1.807, 2.05) is 0 Å². The van der Waals surface area contributed by atoms with Gasteiger partial charge in [0, 0.05) is 4.47 Å². The number of aromatic amines is 1. The van der Waals surface area contributed by atoms with Crippen molar-refractivity contribution in [2.24, 2.45) is 0 Å². The van der Waals surface area contributed by atoms with Crippen LogP contribution in [0.4, 0.5) is 8.78 Å². The van der Waals surface area contributed by atoms with Gasteiger partial charge in [0.05, 0.1) is 16.6 Å². The maximum absolute atomic E-state index is 12.8. The van der Waals surface area contributed by atoms with Crippen molar-refractivity contribution in [3.63, 3.8) is 0 Å². The van der Waals surface area contributed by atoms with Gasteiger partial charge in [-0.2, -0.15) is 0 Å². The van der Waals surface area contributed by atoms with Gasteiger partial charge in [0.25, 0.3) is 12.0 Å². The normalized spacial score (nSPS) is 11.3. The summed E-state index contributed by atoms with van der Waals surface area (Å²) in [4.78, 5) is 17.7. The van der Waals surface area contributed by atoms with Gasteiger partial charge in [-0.1, -0.05) is 15.9 Å². The molecule has 2 rings (SSSR count). The zero-order chi connectivity index (χ0) is 11.9. The predicted octanol–water partition coefficient (Wildman–Crippen LogP) is 2.93. The van der Waals surface area contributed by atoms with E-state index in [0.29, 0.717) is 5.52 Å². The third-order valence-electron chi connectivity index (χ3n) is 2.24. The van der Waals surface area contributed by atoms with Gasteiger partial charge in [0.2, 0.25) is 0 Å². The van der Waals surface area contributed by atoms with Crippen molar-refractivity contribution in [2.45, 2.75) is 13.3 Å². The largest absolute Gasteiger partial charge is 0.319 e. The Kier molecular flexibility index (Phi) is 2.75. The molecule has 0 aliphatic heterocycles.